The van der Waals surface area contributed by atoms with Gasteiger partial charge in [-0.25, -0.2) is 4.39 Å². The largest absolute Gasteiger partial charge is 0.316 e. The molecule has 1 amide bonds. The Morgan fingerprint density at radius 1 is 1.15 bits per heavy atom. The molecule has 0 unspecified atom stereocenters. The number of hydrogen-bond donors (Lipinski definition) is 0. The van der Waals surface area contributed by atoms with Gasteiger partial charge in [0.1, 0.15) is 5.82 Å². The van der Waals surface area contributed by atoms with Crippen LogP contribution < -0.4 is 4.80 Å². The lowest BCUT2D eigenvalue weighted by molar-refractivity contribution is 0.0997. The van der Waals surface area contributed by atoms with Crippen molar-refractivity contribution in [1.29, 1.82) is 0 Å². The molecule has 3 aromatic rings. The van der Waals surface area contributed by atoms with Gasteiger partial charge in [-0.3, -0.25) is 4.79 Å². The van der Waals surface area contributed by atoms with Crippen molar-refractivity contribution in [2.75, 3.05) is 0 Å². The highest BCUT2D eigenvalue weighted by molar-refractivity contribution is 9.10. The first-order valence-electron chi connectivity index (χ1n) is 8.37. The fourth-order valence-electron chi connectivity index (χ4n) is 2.78. The van der Waals surface area contributed by atoms with Gasteiger partial charge in [0.15, 0.2) is 4.80 Å². The smallest absolute Gasteiger partial charge is 0.280 e. The fourth-order valence-corrected chi connectivity index (χ4v) is 4.39. The van der Waals surface area contributed by atoms with Crippen molar-refractivity contribution in [2.45, 2.75) is 26.8 Å². The summed E-state index contributed by atoms with van der Waals surface area (Å²) in [6, 6.07) is 13.7. The van der Waals surface area contributed by atoms with Gasteiger partial charge in [0.25, 0.3) is 5.91 Å². The van der Waals surface area contributed by atoms with Crippen LogP contribution in [0.4, 0.5) is 4.39 Å². The maximum absolute atomic E-state index is 13.3. The summed E-state index contributed by atoms with van der Waals surface area (Å²) in [5, 5.41) is 0. The summed E-state index contributed by atoms with van der Waals surface area (Å²) in [6.07, 6.45) is 0.816. The number of aromatic nitrogens is 1. The maximum atomic E-state index is 13.3. The Morgan fingerprint density at radius 3 is 2.46 bits per heavy atom. The van der Waals surface area contributed by atoms with E-state index in [1.165, 1.54) is 23.5 Å². The molecule has 1 aromatic heterocycles. The summed E-state index contributed by atoms with van der Waals surface area (Å²) in [6.45, 7) is 4.75. The van der Waals surface area contributed by atoms with Crippen LogP contribution in [-0.2, 0) is 13.0 Å². The zero-order chi connectivity index (χ0) is 18.7. The summed E-state index contributed by atoms with van der Waals surface area (Å²) in [4.78, 5) is 18.8. The van der Waals surface area contributed by atoms with E-state index in [-0.39, 0.29) is 11.7 Å². The number of thiazole rings is 1. The molecule has 0 radical (unpaired) electrons. The predicted molar refractivity (Wildman–Crippen MR) is 107 cm³/mol. The lowest BCUT2D eigenvalue weighted by atomic mass is 10.1. The molecule has 0 fully saturated rings. The third-order valence-corrected chi connectivity index (χ3v) is 5.95. The highest BCUT2D eigenvalue weighted by atomic mass is 79.9. The third-order valence-electron chi connectivity index (χ3n) is 4.04. The molecule has 1 heterocycles. The van der Waals surface area contributed by atoms with E-state index in [1.807, 2.05) is 29.7 Å². The minimum Gasteiger partial charge on any atom is -0.316 e. The van der Waals surface area contributed by atoms with E-state index >= 15 is 0 Å². The zero-order valence-electron chi connectivity index (χ0n) is 14.5. The molecule has 0 aliphatic carbocycles. The quantitative estimate of drug-likeness (QED) is 0.540. The first-order chi connectivity index (χ1) is 12.5. The molecule has 26 heavy (non-hydrogen) atoms. The van der Waals surface area contributed by atoms with E-state index < -0.39 is 0 Å². The molecular weight excluding hydrogens is 415 g/mol. The Labute approximate surface area is 164 Å². The first-order valence-corrected chi connectivity index (χ1v) is 9.98. The van der Waals surface area contributed by atoms with Crippen LogP contribution in [0.5, 0.6) is 0 Å². The molecular formula is C20H18BrFN2OS. The molecule has 0 saturated carbocycles. The number of aryl methyl sites for hydroxylation is 1. The van der Waals surface area contributed by atoms with Gasteiger partial charge in [0.05, 0.1) is 11.3 Å². The van der Waals surface area contributed by atoms with Gasteiger partial charge < -0.3 is 4.57 Å². The second-order valence-electron chi connectivity index (χ2n) is 5.66. The number of amides is 1. The van der Waals surface area contributed by atoms with Gasteiger partial charge in [-0.15, -0.1) is 11.3 Å². The van der Waals surface area contributed by atoms with Gasteiger partial charge in [0.2, 0.25) is 0 Å². The number of rotatable bonds is 4. The van der Waals surface area contributed by atoms with Gasteiger partial charge in [-0.2, -0.15) is 4.99 Å². The van der Waals surface area contributed by atoms with Crippen LogP contribution in [0.15, 0.2) is 58.0 Å². The normalized spacial score (nSPS) is 11.8. The molecule has 2 aromatic carbocycles. The molecule has 0 aliphatic heterocycles. The molecule has 6 heteroatoms. The monoisotopic (exact) mass is 432 g/mol. The van der Waals surface area contributed by atoms with Gasteiger partial charge >= 0.3 is 0 Å². The molecule has 3 rings (SSSR count). The van der Waals surface area contributed by atoms with Crippen LogP contribution in [0.2, 0.25) is 0 Å². The number of hydrogen-bond acceptors (Lipinski definition) is 2. The number of halogens is 2. The van der Waals surface area contributed by atoms with Gasteiger partial charge in [-0.1, -0.05) is 19.1 Å². The van der Waals surface area contributed by atoms with Crippen LogP contribution in [-0.4, -0.2) is 10.5 Å². The molecule has 0 bridgehead atoms. The number of benzene rings is 2. The fraction of sp³-hybridized carbons (Fsp3) is 0.200. The van der Waals surface area contributed by atoms with Crippen LogP contribution >= 0.6 is 27.3 Å². The topological polar surface area (TPSA) is 34.4 Å². The summed E-state index contributed by atoms with van der Waals surface area (Å²) < 4.78 is 16.0. The first kappa shape index (κ1) is 18.7. The Kier molecular flexibility index (Phi) is 5.84. The molecule has 0 spiro atoms. The predicted octanol–water partition coefficient (Wildman–Crippen LogP) is 5.44. The van der Waals surface area contributed by atoms with E-state index in [1.54, 1.807) is 18.2 Å². The van der Waals surface area contributed by atoms with Gasteiger partial charge in [-0.05, 0) is 71.2 Å². The highest BCUT2D eigenvalue weighted by Gasteiger charge is 2.15. The third kappa shape index (κ3) is 3.71. The van der Waals surface area contributed by atoms with Crippen LogP contribution in [0.3, 0.4) is 0 Å². The molecule has 134 valence electrons. The number of carbonyl (C=O) groups is 1. The number of carbonyl (C=O) groups excluding carboxylic acids is 1. The van der Waals surface area contributed by atoms with Crippen molar-refractivity contribution in [3.63, 3.8) is 0 Å². The average Bonchev–Trinajstić information content (AvgIpc) is 3.00. The molecule has 0 saturated heterocycles. The molecule has 0 N–H and O–H groups in total. The maximum Gasteiger partial charge on any atom is 0.280 e. The Bertz CT molecular complexity index is 1010. The minimum atomic E-state index is -0.283. The molecule has 0 aliphatic rings. The van der Waals surface area contributed by atoms with Crippen molar-refractivity contribution in [2.24, 2.45) is 4.99 Å². The van der Waals surface area contributed by atoms with E-state index in [0.717, 1.165) is 27.0 Å². The summed E-state index contributed by atoms with van der Waals surface area (Å²) in [5.41, 5.74) is 2.46. The zero-order valence-corrected chi connectivity index (χ0v) is 16.9. The Balaban J connectivity index is 2.15. The number of nitrogens with zero attached hydrogens (tertiary/aromatic N) is 2. The second kappa shape index (κ2) is 8.10. The van der Waals surface area contributed by atoms with Crippen molar-refractivity contribution < 1.29 is 9.18 Å². The summed E-state index contributed by atoms with van der Waals surface area (Å²) >= 11 is 4.91. The van der Waals surface area contributed by atoms with Crippen LogP contribution in [0, 0.1) is 5.82 Å². The van der Waals surface area contributed by atoms with Gasteiger partial charge in [0, 0.05) is 15.9 Å². The van der Waals surface area contributed by atoms with Crippen molar-refractivity contribution in [3.8, 4) is 11.3 Å². The van der Waals surface area contributed by atoms with E-state index in [9.17, 15) is 9.18 Å². The highest BCUT2D eigenvalue weighted by Crippen LogP contribution is 2.27. The van der Waals surface area contributed by atoms with Crippen molar-refractivity contribution in [3.05, 3.63) is 74.1 Å². The minimum absolute atomic E-state index is 0.265. The van der Waals surface area contributed by atoms with Crippen LogP contribution in [0.25, 0.3) is 11.3 Å². The standard InChI is InChI=1S/C20H18BrFN2OS/c1-3-17-18(13-9-11-14(22)12-10-13)24(4-2)20(26-17)23-19(25)15-7-5-6-8-16(15)21/h5-12H,3-4H2,1-2H3. The molecule has 3 nitrogen and oxygen atoms in total. The van der Waals surface area contributed by atoms with E-state index in [0.29, 0.717) is 16.9 Å². The Morgan fingerprint density at radius 2 is 1.85 bits per heavy atom. The van der Waals surface area contributed by atoms with Crippen molar-refractivity contribution >= 4 is 33.2 Å². The van der Waals surface area contributed by atoms with Crippen LogP contribution in [0.1, 0.15) is 29.1 Å². The van der Waals surface area contributed by atoms with E-state index in [2.05, 4.69) is 27.8 Å². The lowest BCUT2D eigenvalue weighted by Crippen LogP contribution is -2.17. The van der Waals surface area contributed by atoms with Crippen molar-refractivity contribution in [1.82, 2.24) is 4.57 Å². The van der Waals surface area contributed by atoms with E-state index in [4.69, 9.17) is 0 Å². The molecule has 0 atom stereocenters. The summed E-state index contributed by atoms with van der Waals surface area (Å²) in [7, 11) is 0. The average molecular weight is 433 g/mol. The Hall–Kier alpha value is -2.05. The lowest BCUT2D eigenvalue weighted by Gasteiger charge is -2.08. The summed E-state index contributed by atoms with van der Waals surface area (Å²) in [5.74, 6) is -0.548. The SMILES string of the molecule is CCc1sc(=NC(=O)c2ccccc2Br)n(CC)c1-c1ccc(F)cc1. The second-order valence-corrected chi connectivity index (χ2v) is 7.57.